The molecule has 0 spiro atoms. The molecule has 1 aromatic carbocycles. The molecular formula is C18H23N3OS. The predicted molar refractivity (Wildman–Crippen MR) is 93.7 cm³/mol. The lowest BCUT2D eigenvalue weighted by molar-refractivity contribution is 0.237. The molecule has 1 aliphatic carbocycles. The number of nitrogens with one attached hydrogen (secondary N) is 2. The molecule has 3 rings (SSSR count). The highest BCUT2D eigenvalue weighted by molar-refractivity contribution is 7.11. The van der Waals surface area contributed by atoms with E-state index in [-0.39, 0.29) is 11.4 Å². The van der Waals surface area contributed by atoms with Gasteiger partial charge in [0.25, 0.3) is 0 Å². The average molecular weight is 329 g/mol. The van der Waals surface area contributed by atoms with Gasteiger partial charge in [-0.05, 0) is 25.3 Å². The molecule has 0 unspecified atom stereocenters. The highest BCUT2D eigenvalue weighted by Gasteiger charge is 2.35. The number of aryl methyl sites for hydroxylation is 1. The Morgan fingerprint density at radius 3 is 2.61 bits per heavy atom. The third-order valence-corrected chi connectivity index (χ3v) is 5.54. The minimum Gasteiger partial charge on any atom is -0.337 e. The molecule has 1 saturated carbocycles. The van der Waals surface area contributed by atoms with E-state index >= 15 is 0 Å². The number of hydrogen-bond donors (Lipinski definition) is 2. The minimum absolute atomic E-state index is 0.0969. The Kier molecular flexibility index (Phi) is 4.96. The van der Waals surface area contributed by atoms with Crippen LogP contribution < -0.4 is 10.6 Å². The Morgan fingerprint density at radius 2 is 1.96 bits per heavy atom. The van der Waals surface area contributed by atoms with E-state index < -0.39 is 0 Å². The smallest absolute Gasteiger partial charge is 0.315 e. The molecular weight excluding hydrogens is 306 g/mol. The van der Waals surface area contributed by atoms with Gasteiger partial charge >= 0.3 is 6.03 Å². The van der Waals surface area contributed by atoms with Crippen molar-refractivity contribution in [1.82, 2.24) is 15.6 Å². The number of benzene rings is 1. The molecule has 5 heteroatoms. The molecule has 0 bridgehead atoms. The van der Waals surface area contributed by atoms with E-state index in [1.807, 2.05) is 19.2 Å². The monoisotopic (exact) mass is 329 g/mol. The molecule has 0 radical (unpaired) electrons. The normalized spacial score (nSPS) is 16.2. The van der Waals surface area contributed by atoms with Crippen molar-refractivity contribution < 1.29 is 4.79 Å². The van der Waals surface area contributed by atoms with E-state index in [1.165, 1.54) is 18.4 Å². The fraction of sp³-hybridized carbons (Fsp3) is 0.444. The molecule has 0 saturated heterocycles. The summed E-state index contributed by atoms with van der Waals surface area (Å²) >= 11 is 1.62. The number of hydrogen-bond acceptors (Lipinski definition) is 3. The summed E-state index contributed by atoms with van der Waals surface area (Å²) in [6, 6.07) is 10.5. The number of rotatable bonds is 5. The molecule has 1 fully saturated rings. The summed E-state index contributed by atoms with van der Waals surface area (Å²) in [5.74, 6) is 0. The first kappa shape index (κ1) is 16.0. The van der Waals surface area contributed by atoms with Gasteiger partial charge in [-0.3, -0.25) is 0 Å². The van der Waals surface area contributed by atoms with Crippen LogP contribution in [0.25, 0.3) is 0 Å². The van der Waals surface area contributed by atoms with E-state index in [1.54, 1.807) is 11.3 Å². The van der Waals surface area contributed by atoms with Crippen molar-refractivity contribution in [2.75, 3.05) is 6.54 Å². The number of amides is 2. The number of thiazole rings is 1. The summed E-state index contributed by atoms with van der Waals surface area (Å²) in [6.45, 7) is 3.21. The van der Waals surface area contributed by atoms with Crippen molar-refractivity contribution in [2.45, 2.75) is 44.6 Å². The number of urea groups is 1. The fourth-order valence-corrected chi connectivity index (χ4v) is 4.11. The number of carbonyl (C=O) groups excluding carboxylic acids is 1. The lowest BCUT2D eigenvalue weighted by atomic mass is 9.79. The molecule has 0 aliphatic heterocycles. The van der Waals surface area contributed by atoms with Gasteiger partial charge in [0.15, 0.2) is 0 Å². The van der Waals surface area contributed by atoms with Crippen molar-refractivity contribution in [2.24, 2.45) is 0 Å². The molecule has 2 amide bonds. The van der Waals surface area contributed by atoms with E-state index in [4.69, 9.17) is 0 Å². The zero-order valence-corrected chi connectivity index (χ0v) is 14.3. The van der Waals surface area contributed by atoms with E-state index in [2.05, 4.69) is 39.9 Å². The Labute approximate surface area is 141 Å². The summed E-state index contributed by atoms with van der Waals surface area (Å²) in [4.78, 5) is 17.4. The van der Waals surface area contributed by atoms with Gasteiger partial charge in [0, 0.05) is 23.0 Å². The average Bonchev–Trinajstić information content (AvgIpc) is 3.22. The second kappa shape index (κ2) is 7.13. The van der Waals surface area contributed by atoms with E-state index in [0.29, 0.717) is 13.1 Å². The molecule has 1 aliphatic rings. The molecule has 2 aromatic rings. The third-order valence-electron chi connectivity index (χ3n) is 4.63. The fourth-order valence-electron chi connectivity index (χ4n) is 3.38. The predicted octanol–water partition coefficient (Wildman–Crippen LogP) is 3.76. The maximum atomic E-state index is 12.1. The van der Waals surface area contributed by atoms with Crippen LogP contribution in [0.5, 0.6) is 0 Å². The first-order valence-electron chi connectivity index (χ1n) is 8.16. The Hall–Kier alpha value is -1.88. The van der Waals surface area contributed by atoms with Crippen LogP contribution in [0.15, 0.2) is 36.5 Å². The van der Waals surface area contributed by atoms with Gasteiger partial charge in [-0.1, -0.05) is 43.2 Å². The van der Waals surface area contributed by atoms with Crippen molar-refractivity contribution >= 4 is 17.4 Å². The van der Waals surface area contributed by atoms with Crippen LogP contribution in [0.2, 0.25) is 0 Å². The van der Waals surface area contributed by atoms with Crippen LogP contribution in [-0.2, 0) is 12.0 Å². The maximum absolute atomic E-state index is 12.1. The van der Waals surface area contributed by atoms with Gasteiger partial charge in [0.2, 0.25) is 0 Å². The van der Waals surface area contributed by atoms with Crippen molar-refractivity contribution in [3.63, 3.8) is 0 Å². The van der Waals surface area contributed by atoms with Gasteiger partial charge in [-0.15, -0.1) is 11.3 Å². The number of carbonyl (C=O) groups is 1. The van der Waals surface area contributed by atoms with Crippen LogP contribution in [0.3, 0.4) is 0 Å². The molecule has 122 valence electrons. The Bertz CT molecular complexity index is 647. The van der Waals surface area contributed by atoms with Crippen molar-refractivity contribution in [3.8, 4) is 0 Å². The van der Waals surface area contributed by atoms with Gasteiger partial charge < -0.3 is 10.6 Å². The lowest BCUT2D eigenvalue weighted by Gasteiger charge is -2.30. The molecule has 4 nitrogen and oxygen atoms in total. The molecule has 23 heavy (non-hydrogen) atoms. The van der Waals surface area contributed by atoms with Crippen LogP contribution >= 0.6 is 11.3 Å². The van der Waals surface area contributed by atoms with Crippen LogP contribution in [0.4, 0.5) is 4.79 Å². The molecule has 1 aromatic heterocycles. The second-order valence-electron chi connectivity index (χ2n) is 6.24. The summed E-state index contributed by atoms with van der Waals surface area (Å²) in [7, 11) is 0. The maximum Gasteiger partial charge on any atom is 0.315 e. The summed E-state index contributed by atoms with van der Waals surface area (Å²) in [5, 5.41) is 7.02. The summed E-state index contributed by atoms with van der Waals surface area (Å²) in [5.41, 5.74) is 1.44. The van der Waals surface area contributed by atoms with Crippen molar-refractivity contribution in [3.05, 3.63) is 52.0 Å². The minimum atomic E-state index is -0.0988. The first-order valence-corrected chi connectivity index (χ1v) is 8.98. The van der Waals surface area contributed by atoms with Crippen LogP contribution in [-0.4, -0.2) is 17.6 Å². The third kappa shape index (κ3) is 3.91. The number of nitrogens with zero attached hydrogens (tertiary/aromatic N) is 1. The molecule has 1 heterocycles. The second-order valence-corrected chi connectivity index (χ2v) is 7.55. The summed E-state index contributed by atoms with van der Waals surface area (Å²) in [6.07, 6.45) is 6.58. The van der Waals surface area contributed by atoms with Gasteiger partial charge in [-0.25, -0.2) is 9.78 Å². The Balaban J connectivity index is 1.56. The molecule has 0 atom stereocenters. The number of aromatic nitrogens is 1. The van der Waals surface area contributed by atoms with Gasteiger partial charge in [0.05, 0.1) is 11.6 Å². The highest BCUT2D eigenvalue weighted by atomic mass is 32.1. The van der Waals surface area contributed by atoms with Crippen molar-refractivity contribution in [1.29, 1.82) is 0 Å². The van der Waals surface area contributed by atoms with Gasteiger partial charge in [0.1, 0.15) is 0 Å². The highest BCUT2D eigenvalue weighted by Crippen LogP contribution is 2.40. The zero-order valence-electron chi connectivity index (χ0n) is 13.5. The first-order chi connectivity index (χ1) is 11.2. The zero-order chi connectivity index (χ0) is 16.1. The lowest BCUT2D eigenvalue weighted by Crippen LogP contribution is -2.43. The van der Waals surface area contributed by atoms with Gasteiger partial charge in [-0.2, -0.15) is 0 Å². The largest absolute Gasteiger partial charge is 0.337 e. The van der Waals surface area contributed by atoms with Crippen LogP contribution in [0, 0.1) is 6.92 Å². The topological polar surface area (TPSA) is 54.0 Å². The molecule has 2 N–H and O–H groups in total. The van der Waals surface area contributed by atoms with E-state index in [0.717, 1.165) is 22.7 Å². The SMILES string of the molecule is Cc1ncc(CNC(=O)NCC2(c3ccccc3)CCCC2)s1. The quantitative estimate of drug-likeness (QED) is 0.877. The Morgan fingerprint density at radius 1 is 1.22 bits per heavy atom. The van der Waals surface area contributed by atoms with E-state index in [9.17, 15) is 4.79 Å². The summed E-state index contributed by atoms with van der Waals surface area (Å²) < 4.78 is 0. The standard InChI is InChI=1S/C18H23N3OS/c1-14-19-11-16(23-14)12-20-17(22)21-13-18(9-5-6-10-18)15-7-3-2-4-8-15/h2-4,7-8,11H,5-6,9-10,12-13H2,1H3,(H2,20,21,22). The van der Waals surface area contributed by atoms with Crippen LogP contribution in [0.1, 0.15) is 41.1 Å².